The first-order chi connectivity index (χ1) is 10.6. The summed E-state index contributed by atoms with van der Waals surface area (Å²) in [5.41, 5.74) is 0.567. The van der Waals surface area contributed by atoms with Gasteiger partial charge in [-0.25, -0.2) is 9.98 Å². The second-order valence-electron chi connectivity index (χ2n) is 6.35. The first kappa shape index (κ1) is 14.5. The molecule has 7 heteroatoms. The monoisotopic (exact) mass is 340 g/mol. The van der Waals surface area contributed by atoms with Gasteiger partial charge in [0, 0.05) is 12.5 Å². The minimum atomic E-state index is -0.160. The molecule has 0 aliphatic carbocycles. The van der Waals surface area contributed by atoms with Crippen LogP contribution in [0, 0.1) is 12.8 Å². The van der Waals surface area contributed by atoms with Crippen molar-refractivity contribution in [1.29, 1.82) is 0 Å². The van der Waals surface area contributed by atoms with Gasteiger partial charge in [0.25, 0.3) is 6.02 Å². The van der Waals surface area contributed by atoms with Crippen molar-refractivity contribution in [2.45, 2.75) is 25.4 Å². The highest BCUT2D eigenvalue weighted by Crippen LogP contribution is 2.41. The van der Waals surface area contributed by atoms with E-state index in [1.165, 1.54) is 25.9 Å². The highest BCUT2D eigenvalue weighted by molar-refractivity contribution is 6.36. The van der Waals surface area contributed by atoms with Crippen molar-refractivity contribution in [2.24, 2.45) is 10.9 Å². The lowest BCUT2D eigenvalue weighted by molar-refractivity contribution is -0.0829. The Hall–Kier alpha value is -1.04. The van der Waals surface area contributed by atoms with E-state index in [9.17, 15) is 0 Å². The van der Waals surface area contributed by atoms with Gasteiger partial charge in [-0.05, 0) is 38.9 Å². The van der Waals surface area contributed by atoms with Gasteiger partial charge in [0.1, 0.15) is 5.60 Å². The van der Waals surface area contributed by atoms with Crippen LogP contribution in [0.25, 0.3) is 0 Å². The Morgan fingerprint density at radius 2 is 2.09 bits per heavy atom. The topological polar surface area (TPSA) is 49.8 Å². The fourth-order valence-electron chi connectivity index (χ4n) is 3.69. The van der Waals surface area contributed by atoms with E-state index in [0.717, 1.165) is 12.2 Å². The second-order valence-corrected chi connectivity index (χ2v) is 7.16. The Bertz CT molecular complexity index is 643. The number of aromatic nitrogens is 1. The summed E-state index contributed by atoms with van der Waals surface area (Å²) in [6.45, 7) is 5.88. The number of amidine groups is 1. The third-order valence-corrected chi connectivity index (χ3v) is 5.61. The van der Waals surface area contributed by atoms with E-state index in [-0.39, 0.29) is 5.60 Å². The summed E-state index contributed by atoms with van der Waals surface area (Å²) < 4.78 is 6.22. The van der Waals surface area contributed by atoms with Crippen molar-refractivity contribution in [3.8, 4) is 0 Å². The van der Waals surface area contributed by atoms with Crippen LogP contribution in [0.5, 0.6) is 0 Å². The van der Waals surface area contributed by atoms with Gasteiger partial charge in [-0.3, -0.25) is 10.2 Å². The number of hydrogen-bond donors (Lipinski definition) is 1. The minimum Gasteiger partial charge on any atom is -0.455 e. The number of anilines is 1. The van der Waals surface area contributed by atoms with Gasteiger partial charge in [-0.1, -0.05) is 23.2 Å². The third kappa shape index (κ3) is 2.36. The highest BCUT2D eigenvalue weighted by Gasteiger charge is 2.51. The lowest BCUT2D eigenvalue weighted by Gasteiger charge is -2.50. The number of pyridine rings is 1. The zero-order valence-corrected chi connectivity index (χ0v) is 13.9. The molecule has 1 N–H and O–H groups in total. The summed E-state index contributed by atoms with van der Waals surface area (Å²) in [5, 5.41) is 4.14. The van der Waals surface area contributed by atoms with E-state index in [4.69, 9.17) is 27.9 Å². The van der Waals surface area contributed by atoms with Crippen LogP contribution in [0.1, 0.15) is 18.5 Å². The summed E-state index contributed by atoms with van der Waals surface area (Å²) in [6, 6.07) is 2.21. The average molecular weight is 341 g/mol. The number of ether oxygens (including phenoxy) is 1. The molecule has 1 atom stereocenters. The molecule has 1 unspecified atom stereocenters. The fraction of sp³-hybridized carbons (Fsp3) is 0.600. The number of hydrogen-bond acceptors (Lipinski definition) is 5. The summed E-state index contributed by atoms with van der Waals surface area (Å²) in [5.74, 6) is 1.14. The molecule has 4 aliphatic rings. The third-order valence-electron chi connectivity index (χ3n) is 4.94. The number of aryl methyl sites for hydroxylation is 1. The maximum atomic E-state index is 6.22. The molecule has 1 aromatic rings. The zero-order chi connectivity index (χ0) is 15.3. The van der Waals surface area contributed by atoms with Crippen molar-refractivity contribution in [2.75, 3.05) is 31.5 Å². The van der Waals surface area contributed by atoms with Gasteiger partial charge < -0.3 is 4.74 Å². The number of nitrogens with one attached hydrogen (secondary N) is 1. The van der Waals surface area contributed by atoms with E-state index >= 15 is 0 Å². The normalized spacial score (nSPS) is 33.0. The Balaban J connectivity index is 1.51. The second kappa shape index (κ2) is 5.25. The summed E-state index contributed by atoms with van der Waals surface area (Å²) in [4.78, 5) is 11.4. The number of nitrogens with zero attached hydrogens (tertiary/aromatic N) is 3. The molecule has 5 nitrogen and oxygen atoms in total. The molecule has 2 bridgehead atoms. The molecule has 4 aliphatic heterocycles. The molecule has 0 saturated carbocycles. The molecule has 0 radical (unpaired) electrons. The standard InChI is InChI=1S/C15H18Cl2N4O/c1-9-11(16)6-12(17)13(19-9)20-14-18-7-15(22-14)8-21-4-2-10(15)3-5-21/h6,10H,2-5,7-8H2,1H3,(H,18,19,20). The van der Waals surface area contributed by atoms with Gasteiger partial charge in [-0.2, -0.15) is 0 Å². The number of fused-ring (bicyclic) bond motifs is 2. The van der Waals surface area contributed by atoms with Gasteiger partial charge in [0.15, 0.2) is 5.82 Å². The highest BCUT2D eigenvalue weighted by atomic mass is 35.5. The van der Waals surface area contributed by atoms with E-state index in [1.807, 2.05) is 6.92 Å². The molecule has 22 heavy (non-hydrogen) atoms. The maximum Gasteiger partial charge on any atom is 0.291 e. The smallest absolute Gasteiger partial charge is 0.291 e. The lowest BCUT2D eigenvalue weighted by Crippen LogP contribution is -2.61. The van der Waals surface area contributed by atoms with Crippen LogP contribution in [0.4, 0.5) is 5.82 Å². The van der Waals surface area contributed by atoms with E-state index < -0.39 is 0 Å². The molecular weight excluding hydrogens is 323 g/mol. The summed E-state index contributed by atoms with van der Waals surface area (Å²) in [6.07, 6.45) is 2.39. The van der Waals surface area contributed by atoms with Crippen molar-refractivity contribution in [3.63, 3.8) is 0 Å². The summed E-state index contributed by atoms with van der Waals surface area (Å²) >= 11 is 12.2. The molecule has 3 saturated heterocycles. The van der Waals surface area contributed by atoms with Crippen molar-refractivity contribution < 1.29 is 4.74 Å². The first-order valence-electron chi connectivity index (χ1n) is 7.61. The predicted molar refractivity (Wildman–Crippen MR) is 87.9 cm³/mol. The van der Waals surface area contributed by atoms with Crippen LogP contribution in [0.3, 0.4) is 0 Å². The van der Waals surface area contributed by atoms with E-state index in [0.29, 0.717) is 34.3 Å². The quantitative estimate of drug-likeness (QED) is 0.853. The van der Waals surface area contributed by atoms with Crippen LogP contribution in [-0.2, 0) is 4.74 Å². The van der Waals surface area contributed by atoms with E-state index in [2.05, 4.69) is 20.2 Å². The SMILES string of the molecule is Cc1nc(NC2=NCC3(CN4CCC3CC4)O2)c(Cl)cc1Cl. The van der Waals surface area contributed by atoms with E-state index in [1.54, 1.807) is 6.07 Å². The van der Waals surface area contributed by atoms with Crippen LogP contribution >= 0.6 is 23.2 Å². The number of aliphatic imine (C=N–C) groups is 1. The van der Waals surface area contributed by atoms with Crippen LogP contribution in [-0.4, -0.2) is 47.7 Å². The number of halogens is 2. The summed E-state index contributed by atoms with van der Waals surface area (Å²) in [7, 11) is 0. The molecule has 5 rings (SSSR count). The van der Waals surface area contributed by atoms with Gasteiger partial charge in [0.2, 0.25) is 0 Å². The molecule has 3 fully saturated rings. The Labute approximate surface area is 139 Å². The first-order valence-corrected chi connectivity index (χ1v) is 8.37. The Morgan fingerprint density at radius 1 is 1.32 bits per heavy atom. The number of rotatable bonds is 1. The van der Waals surface area contributed by atoms with Gasteiger partial charge in [0.05, 0.1) is 22.3 Å². The van der Waals surface area contributed by atoms with Gasteiger partial charge >= 0.3 is 0 Å². The molecule has 0 aromatic carbocycles. The fourth-order valence-corrected chi connectivity index (χ4v) is 4.10. The Kier molecular flexibility index (Phi) is 3.47. The number of piperidine rings is 3. The van der Waals surface area contributed by atoms with Crippen LogP contribution in [0.2, 0.25) is 10.0 Å². The molecular formula is C15H18Cl2N4O. The minimum absolute atomic E-state index is 0.160. The lowest BCUT2D eigenvalue weighted by atomic mass is 9.75. The molecule has 5 heterocycles. The van der Waals surface area contributed by atoms with Crippen molar-refractivity contribution in [3.05, 3.63) is 21.8 Å². The molecule has 1 aromatic heterocycles. The largest absolute Gasteiger partial charge is 0.455 e. The molecule has 1 spiro atoms. The Morgan fingerprint density at radius 3 is 2.77 bits per heavy atom. The predicted octanol–water partition coefficient (Wildman–Crippen LogP) is 2.96. The van der Waals surface area contributed by atoms with Gasteiger partial charge in [-0.15, -0.1) is 0 Å². The molecule has 0 amide bonds. The van der Waals surface area contributed by atoms with Crippen LogP contribution in [0.15, 0.2) is 11.1 Å². The zero-order valence-electron chi connectivity index (χ0n) is 12.4. The van der Waals surface area contributed by atoms with Crippen molar-refractivity contribution in [1.82, 2.24) is 9.88 Å². The van der Waals surface area contributed by atoms with Crippen molar-refractivity contribution >= 4 is 35.0 Å². The van der Waals surface area contributed by atoms with Crippen LogP contribution < -0.4 is 5.32 Å². The molecule has 118 valence electrons. The average Bonchev–Trinajstić information content (AvgIpc) is 2.88. The maximum absolute atomic E-state index is 6.22.